The number of carboxylic acids is 1. The lowest BCUT2D eigenvalue weighted by molar-refractivity contribution is -0.387. The number of hydrogen-bond acceptors (Lipinski definition) is 6. The smallest absolute Gasteiger partial charge is 0.304 e. The molecular weight excluding hydrogens is 292 g/mol. The van der Waals surface area contributed by atoms with Gasteiger partial charge in [0, 0.05) is 6.54 Å². The number of ether oxygens (including phenoxy) is 1. The highest BCUT2D eigenvalue weighted by atomic mass is 32.2. The summed E-state index contributed by atoms with van der Waals surface area (Å²) < 4.78 is 30.6. The number of hydrogen-bond donors (Lipinski definition) is 2. The summed E-state index contributed by atoms with van der Waals surface area (Å²) in [6.07, 6.45) is -0.427. The van der Waals surface area contributed by atoms with Crippen LogP contribution in [0.5, 0.6) is 5.75 Å². The Kier molecular flexibility index (Phi) is 5.00. The van der Waals surface area contributed by atoms with Crippen LogP contribution in [0, 0.1) is 10.1 Å². The molecule has 0 aromatic heterocycles. The van der Waals surface area contributed by atoms with Gasteiger partial charge in [-0.25, -0.2) is 13.1 Å². The summed E-state index contributed by atoms with van der Waals surface area (Å²) in [4.78, 5) is 19.8. The summed E-state index contributed by atoms with van der Waals surface area (Å²) in [5.41, 5.74) is -0.646. The fourth-order valence-corrected chi connectivity index (χ4v) is 2.55. The van der Waals surface area contributed by atoms with Crippen LogP contribution in [-0.2, 0) is 14.8 Å². The SMILES string of the molecule is COc1ccc(S(=O)(=O)NCCC(=O)O)c([N+](=O)[O-])c1. The molecule has 0 saturated carbocycles. The van der Waals surface area contributed by atoms with Gasteiger partial charge in [0.2, 0.25) is 10.0 Å². The van der Waals surface area contributed by atoms with Crippen LogP contribution < -0.4 is 9.46 Å². The standard InChI is InChI=1S/C10H12N2O7S/c1-19-7-2-3-9(8(6-7)12(15)16)20(17,18)11-5-4-10(13)14/h2-3,6,11H,4-5H2,1H3,(H,13,14). The van der Waals surface area contributed by atoms with Crippen LogP contribution in [0.15, 0.2) is 23.1 Å². The molecule has 0 fully saturated rings. The van der Waals surface area contributed by atoms with Gasteiger partial charge in [-0.1, -0.05) is 0 Å². The van der Waals surface area contributed by atoms with Crippen LogP contribution >= 0.6 is 0 Å². The molecule has 10 heteroatoms. The molecule has 1 aromatic carbocycles. The Hall–Kier alpha value is -2.20. The fraction of sp³-hybridized carbons (Fsp3) is 0.300. The summed E-state index contributed by atoms with van der Waals surface area (Å²) in [5.74, 6) is -1.04. The van der Waals surface area contributed by atoms with Crippen molar-refractivity contribution >= 4 is 21.7 Å². The largest absolute Gasteiger partial charge is 0.497 e. The molecule has 1 aromatic rings. The first kappa shape index (κ1) is 15.9. The predicted molar refractivity (Wildman–Crippen MR) is 67.1 cm³/mol. The predicted octanol–water partition coefficient (Wildman–Crippen LogP) is 0.356. The Morgan fingerprint density at radius 1 is 1.50 bits per heavy atom. The highest BCUT2D eigenvalue weighted by Gasteiger charge is 2.26. The molecule has 0 saturated heterocycles. The van der Waals surface area contributed by atoms with Gasteiger partial charge in [0.1, 0.15) is 5.75 Å². The lowest BCUT2D eigenvalue weighted by atomic mass is 10.3. The summed E-state index contributed by atoms with van der Waals surface area (Å²) in [7, 11) is -2.88. The Morgan fingerprint density at radius 2 is 2.15 bits per heavy atom. The maximum atomic E-state index is 11.9. The zero-order valence-corrected chi connectivity index (χ0v) is 11.2. The summed E-state index contributed by atoms with van der Waals surface area (Å²) in [6.45, 7) is -0.360. The second-order valence-corrected chi connectivity index (χ2v) is 5.37. The van der Waals surface area contributed by atoms with Crippen LogP contribution in [-0.4, -0.2) is 38.1 Å². The molecule has 2 N–H and O–H groups in total. The maximum Gasteiger partial charge on any atom is 0.304 e. The molecule has 20 heavy (non-hydrogen) atoms. The molecule has 0 aliphatic heterocycles. The van der Waals surface area contributed by atoms with E-state index in [-0.39, 0.29) is 12.3 Å². The molecule has 0 bridgehead atoms. The highest BCUT2D eigenvalue weighted by molar-refractivity contribution is 7.89. The summed E-state index contributed by atoms with van der Waals surface area (Å²) >= 11 is 0. The first-order chi connectivity index (χ1) is 9.27. The number of carboxylic acid groups (broad SMARTS) is 1. The molecule has 110 valence electrons. The van der Waals surface area contributed by atoms with E-state index in [1.54, 1.807) is 0 Å². The van der Waals surface area contributed by atoms with Crippen molar-refractivity contribution in [3.05, 3.63) is 28.3 Å². The third kappa shape index (κ3) is 3.90. The first-order valence-corrected chi connectivity index (χ1v) is 6.80. The van der Waals surface area contributed by atoms with Crippen molar-refractivity contribution in [1.82, 2.24) is 4.72 Å². The van der Waals surface area contributed by atoms with Gasteiger partial charge in [0.05, 0.1) is 24.5 Å². The number of nitrogens with zero attached hydrogens (tertiary/aromatic N) is 1. The summed E-state index contributed by atoms with van der Waals surface area (Å²) in [6, 6.07) is 3.27. The van der Waals surface area contributed by atoms with E-state index in [0.717, 1.165) is 12.1 Å². The van der Waals surface area contributed by atoms with Gasteiger partial charge >= 0.3 is 5.97 Å². The Balaban J connectivity index is 3.11. The monoisotopic (exact) mass is 304 g/mol. The summed E-state index contributed by atoms with van der Waals surface area (Å²) in [5, 5.41) is 19.3. The Bertz CT molecular complexity index is 626. The number of benzene rings is 1. The van der Waals surface area contributed by atoms with Crippen molar-refractivity contribution < 1.29 is 28.0 Å². The lowest BCUT2D eigenvalue weighted by Crippen LogP contribution is -2.26. The van der Waals surface area contributed by atoms with Gasteiger partial charge in [-0.05, 0) is 12.1 Å². The number of nitro groups is 1. The fourth-order valence-electron chi connectivity index (χ4n) is 1.36. The highest BCUT2D eigenvalue weighted by Crippen LogP contribution is 2.28. The number of nitro benzene ring substituents is 1. The average Bonchev–Trinajstić information content (AvgIpc) is 2.37. The van der Waals surface area contributed by atoms with Crippen LogP contribution in [0.25, 0.3) is 0 Å². The minimum absolute atomic E-state index is 0.140. The van der Waals surface area contributed by atoms with Gasteiger partial charge in [-0.3, -0.25) is 14.9 Å². The number of nitrogens with one attached hydrogen (secondary N) is 1. The lowest BCUT2D eigenvalue weighted by Gasteiger charge is -2.07. The van der Waals surface area contributed by atoms with Gasteiger partial charge in [0.25, 0.3) is 5.69 Å². The molecular formula is C10H12N2O7S. The van der Waals surface area contributed by atoms with E-state index in [2.05, 4.69) is 0 Å². The van der Waals surface area contributed by atoms with Gasteiger partial charge in [-0.2, -0.15) is 0 Å². The van der Waals surface area contributed by atoms with Crippen LogP contribution in [0.2, 0.25) is 0 Å². The number of carbonyl (C=O) groups is 1. The second kappa shape index (κ2) is 6.30. The third-order valence-electron chi connectivity index (χ3n) is 2.28. The zero-order valence-electron chi connectivity index (χ0n) is 10.4. The van der Waals surface area contributed by atoms with E-state index in [9.17, 15) is 23.3 Å². The van der Waals surface area contributed by atoms with Crippen molar-refractivity contribution in [2.24, 2.45) is 0 Å². The van der Waals surface area contributed by atoms with Gasteiger partial charge in [-0.15, -0.1) is 0 Å². The molecule has 0 aliphatic rings. The molecule has 0 heterocycles. The van der Waals surface area contributed by atoms with Gasteiger partial charge in [0.15, 0.2) is 4.90 Å². The second-order valence-electron chi connectivity index (χ2n) is 3.63. The Morgan fingerprint density at radius 3 is 2.65 bits per heavy atom. The molecule has 0 radical (unpaired) electrons. The minimum Gasteiger partial charge on any atom is -0.497 e. The van der Waals surface area contributed by atoms with E-state index < -0.39 is 37.9 Å². The first-order valence-electron chi connectivity index (χ1n) is 5.32. The number of sulfonamides is 1. The number of rotatable bonds is 7. The number of aliphatic carboxylic acids is 1. The van der Waals surface area contributed by atoms with Crippen LogP contribution in [0.3, 0.4) is 0 Å². The van der Waals surface area contributed by atoms with Gasteiger partial charge < -0.3 is 9.84 Å². The molecule has 0 atom stereocenters. The topological polar surface area (TPSA) is 136 Å². The van der Waals surface area contributed by atoms with Crippen LogP contribution in [0.1, 0.15) is 6.42 Å². The van der Waals surface area contributed by atoms with Crippen molar-refractivity contribution in [2.75, 3.05) is 13.7 Å². The third-order valence-corrected chi connectivity index (χ3v) is 3.79. The molecule has 1 rings (SSSR count). The number of methoxy groups -OCH3 is 1. The van der Waals surface area contributed by atoms with Crippen molar-refractivity contribution in [3.8, 4) is 5.75 Å². The molecule has 0 aliphatic carbocycles. The maximum absolute atomic E-state index is 11.9. The van der Waals surface area contributed by atoms with E-state index in [1.807, 2.05) is 4.72 Å². The van der Waals surface area contributed by atoms with E-state index in [4.69, 9.17) is 9.84 Å². The zero-order chi connectivity index (χ0) is 15.3. The molecule has 0 amide bonds. The van der Waals surface area contributed by atoms with E-state index in [0.29, 0.717) is 0 Å². The molecule has 9 nitrogen and oxygen atoms in total. The molecule has 0 spiro atoms. The quantitative estimate of drug-likeness (QED) is 0.548. The van der Waals surface area contributed by atoms with Crippen LogP contribution in [0.4, 0.5) is 5.69 Å². The van der Waals surface area contributed by atoms with E-state index in [1.165, 1.54) is 13.2 Å². The van der Waals surface area contributed by atoms with Crippen molar-refractivity contribution in [2.45, 2.75) is 11.3 Å². The van der Waals surface area contributed by atoms with Crippen molar-refractivity contribution in [3.63, 3.8) is 0 Å². The average molecular weight is 304 g/mol. The van der Waals surface area contributed by atoms with E-state index >= 15 is 0 Å². The minimum atomic E-state index is -4.17. The Labute approximate surface area is 114 Å². The van der Waals surface area contributed by atoms with Crippen molar-refractivity contribution in [1.29, 1.82) is 0 Å². The molecule has 0 unspecified atom stereocenters. The normalized spacial score (nSPS) is 11.1.